The monoisotopic (exact) mass is 406 g/mol. The minimum absolute atomic E-state index is 0.0509. The van der Waals surface area contributed by atoms with Crippen LogP contribution in [-0.4, -0.2) is 53.2 Å². The Morgan fingerprint density at radius 3 is 2.43 bits per heavy atom. The number of sulfonamides is 1. The fourth-order valence-electron chi connectivity index (χ4n) is 3.05. The number of pyridine rings is 1. The summed E-state index contributed by atoms with van der Waals surface area (Å²) in [6.45, 7) is 1.65. The molecule has 3 rings (SSSR count). The highest BCUT2D eigenvalue weighted by atomic mass is 32.2. The zero-order valence-corrected chi connectivity index (χ0v) is 16.3. The number of nitrogens with one attached hydrogen (secondary N) is 1. The van der Waals surface area contributed by atoms with Crippen LogP contribution in [0.1, 0.15) is 17.3 Å². The van der Waals surface area contributed by atoms with E-state index >= 15 is 0 Å². The van der Waals surface area contributed by atoms with Crippen LogP contribution < -0.4 is 5.43 Å². The van der Waals surface area contributed by atoms with Crippen LogP contribution in [0.3, 0.4) is 0 Å². The molecule has 0 atom stereocenters. The molecule has 2 aromatic heterocycles. The molecule has 148 valence electrons. The molecule has 2 heterocycles. The summed E-state index contributed by atoms with van der Waals surface area (Å²) in [5.74, 6) is -1.07. The summed E-state index contributed by atoms with van der Waals surface area (Å²) in [6.07, 6.45) is 2.47. The quantitative estimate of drug-likeness (QED) is 0.653. The van der Waals surface area contributed by atoms with Crippen molar-refractivity contribution in [1.82, 2.24) is 19.0 Å². The lowest BCUT2D eigenvalue weighted by Gasteiger charge is -2.28. The van der Waals surface area contributed by atoms with Crippen LogP contribution in [-0.2, 0) is 10.0 Å². The molecule has 0 aliphatic rings. The number of amides is 1. The molecule has 1 aromatic carbocycles. The first-order valence-electron chi connectivity index (χ1n) is 8.39. The van der Waals surface area contributed by atoms with Gasteiger partial charge in [0.05, 0.1) is 23.0 Å². The van der Waals surface area contributed by atoms with E-state index in [1.54, 1.807) is 6.92 Å². The zero-order valence-electron chi connectivity index (χ0n) is 15.5. The van der Waals surface area contributed by atoms with Crippen molar-refractivity contribution in [3.63, 3.8) is 0 Å². The maximum absolute atomic E-state index is 13.3. The SMILES string of the molecule is CCN(N(C)C(=O)c1c(-c2ccc(F)cc2)[nH]n2ccc(=O)cc12)S(C)(=O)=O. The van der Waals surface area contributed by atoms with Gasteiger partial charge in [0.1, 0.15) is 5.82 Å². The Morgan fingerprint density at radius 1 is 1.21 bits per heavy atom. The molecule has 0 radical (unpaired) electrons. The number of hydrogen-bond donors (Lipinski definition) is 1. The van der Waals surface area contributed by atoms with Gasteiger partial charge in [-0.2, -0.15) is 0 Å². The zero-order chi connectivity index (χ0) is 20.6. The van der Waals surface area contributed by atoms with Gasteiger partial charge in [-0.3, -0.25) is 24.2 Å². The van der Waals surface area contributed by atoms with E-state index in [1.165, 1.54) is 54.2 Å². The van der Waals surface area contributed by atoms with E-state index in [0.717, 1.165) is 15.7 Å². The van der Waals surface area contributed by atoms with Gasteiger partial charge >= 0.3 is 0 Å². The predicted molar refractivity (Wildman–Crippen MR) is 103 cm³/mol. The van der Waals surface area contributed by atoms with Crippen molar-refractivity contribution in [2.24, 2.45) is 0 Å². The normalized spacial score (nSPS) is 11.9. The highest BCUT2D eigenvalue weighted by Gasteiger charge is 2.29. The van der Waals surface area contributed by atoms with Crippen molar-refractivity contribution >= 4 is 21.4 Å². The van der Waals surface area contributed by atoms with Crippen LogP contribution in [0.5, 0.6) is 0 Å². The number of H-pyrrole nitrogens is 1. The van der Waals surface area contributed by atoms with Crippen molar-refractivity contribution < 1.29 is 17.6 Å². The summed E-state index contributed by atoms with van der Waals surface area (Å²) >= 11 is 0. The lowest BCUT2D eigenvalue weighted by molar-refractivity contribution is 0.0484. The Bertz CT molecular complexity index is 1200. The van der Waals surface area contributed by atoms with Crippen LogP contribution in [0.4, 0.5) is 4.39 Å². The summed E-state index contributed by atoms with van der Waals surface area (Å²) in [7, 11) is -2.35. The first-order chi connectivity index (χ1) is 13.1. The van der Waals surface area contributed by atoms with Gasteiger partial charge in [0, 0.05) is 37.5 Å². The van der Waals surface area contributed by atoms with Gasteiger partial charge in [0.15, 0.2) is 5.43 Å². The molecule has 8 nitrogen and oxygen atoms in total. The topological polar surface area (TPSA) is 95.0 Å². The molecule has 3 aromatic rings. The minimum Gasteiger partial charge on any atom is -0.293 e. The summed E-state index contributed by atoms with van der Waals surface area (Å²) in [5, 5.41) is 3.99. The fraction of sp³-hybridized carbons (Fsp3) is 0.222. The third-order valence-electron chi connectivity index (χ3n) is 4.29. The van der Waals surface area contributed by atoms with Crippen LogP contribution in [0.25, 0.3) is 16.8 Å². The molecule has 0 aliphatic heterocycles. The average molecular weight is 406 g/mol. The molecule has 0 aliphatic carbocycles. The van der Waals surface area contributed by atoms with Crippen molar-refractivity contribution in [2.75, 3.05) is 19.8 Å². The largest absolute Gasteiger partial charge is 0.293 e. The molecule has 0 bridgehead atoms. The minimum atomic E-state index is -3.68. The van der Waals surface area contributed by atoms with Gasteiger partial charge in [-0.05, 0) is 31.2 Å². The Kier molecular flexibility index (Phi) is 5.09. The first-order valence-corrected chi connectivity index (χ1v) is 10.2. The average Bonchev–Trinajstić information content (AvgIpc) is 2.99. The van der Waals surface area contributed by atoms with Crippen molar-refractivity contribution in [3.05, 3.63) is 64.2 Å². The van der Waals surface area contributed by atoms with E-state index in [-0.39, 0.29) is 23.1 Å². The molecule has 0 fully saturated rings. The van der Waals surface area contributed by atoms with Gasteiger partial charge in [0.2, 0.25) is 10.0 Å². The van der Waals surface area contributed by atoms with Gasteiger partial charge in [0.25, 0.3) is 5.91 Å². The highest BCUT2D eigenvalue weighted by Crippen LogP contribution is 2.27. The van der Waals surface area contributed by atoms with Gasteiger partial charge < -0.3 is 0 Å². The second-order valence-electron chi connectivity index (χ2n) is 6.22. The van der Waals surface area contributed by atoms with E-state index in [9.17, 15) is 22.4 Å². The maximum atomic E-state index is 13.3. The number of aromatic nitrogens is 2. The molecular weight excluding hydrogens is 387 g/mol. The molecule has 0 saturated carbocycles. The van der Waals surface area contributed by atoms with Crippen molar-refractivity contribution in [2.45, 2.75) is 6.92 Å². The van der Waals surface area contributed by atoms with Crippen LogP contribution >= 0.6 is 0 Å². The van der Waals surface area contributed by atoms with E-state index in [4.69, 9.17) is 0 Å². The lowest BCUT2D eigenvalue weighted by Crippen LogP contribution is -2.46. The molecule has 0 unspecified atom stereocenters. The first kappa shape index (κ1) is 19.8. The van der Waals surface area contributed by atoms with Crippen LogP contribution in [0.15, 0.2) is 47.4 Å². The molecule has 10 heteroatoms. The smallest absolute Gasteiger partial charge is 0.273 e. The lowest BCUT2D eigenvalue weighted by atomic mass is 10.1. The number of hydrazine groups is 1. The van der Waals surface area contributed by atoms with Crippen molar-refractivity contribution in [1.29, 1.82) is 0 Å². The third-order valence-corrected chi connectivity index (χ3v) is 5.56. The number of carbonyl (C=O) groups excluding carboxylic acids is 1. The van der Waals surface area contributed by atoms with Crippen molar-refractivity contribution in [3.8, 4) is 11.3 Å². The number of carbonyl (C=O) groups is 1. The Hall–Kier alpha value is -2.98. The number of halogens is 1. The summed E-state index contributed by atoms with van der Waals surface area (Å²) in [4.78, 5) is 25.1. The van der Waals surface area contributed by atoms with Gasteiger partial charge in [-0.25, -0.2) is 12.8 Å². The highest BCUT2D eigenvalue weighted by molar-refractivity contribution is 7.88. The standard InChI is InChI=1S/C18H19FN4O4S/c1-4-23(28(3,26)27)21(2)18(25)16-15-11-14(24)9-10-22(15)20-17(16)12-5-7-13(19)8-6-12/h5-11,20H,4H2,1-3H3. The van der Waals surface area contributed by atoms with E-state index in [2.05, 4.69) is 5.10 Å². The van der Waals surface area contributed by atoms with E-state index in [0.29, 0.717) is 11.3 Å². The Morgan fingerprint density at radius 2 is 1.86 bits per heavy atom. The van der Waals surface area contributed by atoms with E-state index < -0.39 is 21.7 Å². The summed E-state index contributed by atoms with van der Waals surface area (Å²) < 4.78 is 39.8. The number of aromatic amines is 1. The molecule has 1 amide bonds. The molecule has 1 N–H and O–H groups in total. The van der Waals surface area contributed by atoms with Gasteiger partial charge in [-0.1, -0.05) is 0 Å². The Labute approximate surface area is 160 Å². The fourth-order valence-corrected chi connectivity index (χ4v) is 4.04. The Balaban J connectivity index is 2.24. The predicted octanol–water partition coefficient (Wildman–Crippen LogP) is 1.70. The molecule has 0 spiro atoms. The summed E-state index contributed by atoms with van der Waals surface area (Å²) in [6, 6.07) is 8.08. The number of rotatable bonds is 5. The van der Waals surface area contributed by atoms with Crippen LogP contribution in [0, 0.1) is 5.82 Å². The van der Waals surface area contributed by atoms with Gasteiger partial charge in [-0.15, -0.1) is 4.41 Å². The molecule has 0 saturated heterocycles. The number of nitrogens with zero attached hydrogens (tertiary/aromatic N) is 3. The number of benzene rings is 1. The number of fused-ring (bicyclic) bond motifs is 1. The summed E-state index contributed by atoms with van der Waals surface area (Å²) in [5.41, 5.74) is 0.933. The number of hydrogen-bond acceptors (Lipinski definition) is 4. The molecular formula is C18H19FN4O4S. The van der Waals surface area contributed by atoms with Crippen LogP contribution in [0.2, 0.25) is 0 Å². The molecule has 28 heavy (non-hydrogen) atoms. The third kappa shape index (κ3) is 3.56. The van der Waals surface area contributed by atoms with E-state index in [1.807, 2.05) is 0 Å². The maximum Gasteiger partial charge on any atom is 0.273 e. The second kappa shape index (κ2) is 7.21. The second-order valence-corrected chi connectivity index (χ2v) is 8.10.